The van der Waals surface area contributed by atoms with E-state index in [4.69, 9.17) is 13.9 Å². The van der Waals surface area contributed by atoms with E-state index < -0.39 is 11.2 Å². The van der Waals surface area contributed by atoms with Gasteiger partial charge in [-0.1, -0.05) is 12.1 Å². The number of hydrogen-bond acceptors (Lipinski definition) is 6. The summed E-state index contributed by atoms with van der Waals surface area (Å²) in [6.45, 7) is 0.342. The number of rotatable bonds is 7. The Labute approximate surface area is 188 Å². The second-order valence-electron chi connectivity index (χ2n) is 7.42. The molecule has 0 bridgehead atoms. The van der Waals surface area contributed by atoms with Gasteiger partial charge in [-0.05, 0) is 35.9 Å². The molecule has 2 aromatic heterocycles. The molecule has 1 N–H and O–H groups in total. The van der Waals surface area contributed by atoms with E-state index in [-0.39, 0.29) is 19.0 Å². The lowest BCUT2D eigenvalue weighted by Crippen LogP contribution is -2.39. The number of aryl methyl sites for hydroxylation is 1. The number of nitrogens with one attached hydrogen (secondary N) is 1. The van der Waals surface area contributed by atoms with Crippen molar-refractivity contribution in [3.63, 3.8) is 0 Å². The Morgan fingerprint density at radius 3 is 2.36 bits per heavy atom. The molecule has 9 nitrogen and oxygen atoms in total. The normalized spacial score (nSPS) is 10.9. The number of benzene rings is 2. The van der Waals surface area contributed by atoms with E-state index in [1.165, 1.54) is 18.8 Å². The van der Waals surface area contributed by atoms with Gasteiger partial charge in [0.15, 0.2) is 11.5 Å². The molecule has 1 amide bonds. The van der Waals surface area contributed by atoms with Crippen molar-refractivity contribution >= 4 is 16.8 Å². The fourth-order valence-electron chi connectivity index (χ4n) is 3.60. The summed E-state index contributed by atoms with van der Waals surface area (Å²) >= 11 is 0. The minimum Gasteiger partial charge on any atom is -0.493 e. The first-order valence-corrected chi connectivity index (χ1v) is 10.2. The summed E-state index contributed by atoms with van der Waals surface area (Å²) in [5.41, 5.74) is 0.717. The van der Waals surface area contributed by atoms with E-state index in [0.717, 1.165) is 4.57 Å². The van der Waals surface area contributed by atoms with Crippen molar-refractivity contribution in [2.45, 2.75) is 13.1 Å². The molecule has 0 spiro atoms. The number of carbonyl (C=O) groups is 1. The maximum atomic E-state index is 13.1. The van der Waals surface area contributed by atoms with Crippen LogP contribution in [-0.4, -0.2) is 29.3 Å². The zero-order chi connectivity index (χ0) is 23.5. The van der Waals surface area contributed by atoms with Gasteiger partial charge in [-0.2, -0.15) is 0 Å². The van der Waals surface area contributed by atoms with Crippen molar-refractivity contribution in [2.24, 2.45) is 7.05 Å². The lowest BCUT2D eigenvalue weighted by molar-refractivity contribution is 0.0948. The monoisotopic (exact) mass is 449 g/mol. The second-order valence-corrected chi connectivity index (χ2v) is 7.42. The summed E-state index contributed by atoms with van der Waals surface area (Å²) in [5, 5.41) is 3.11. The van der Waals surface area contributed by atoms with Gasteiger partial charge in [-0.25, -0.2) is 4.79 Å². The molecule has 4 rings (SSSR count). The molecule has 2 heterocycles. The molecular weight excluding hydrogens is 426 g/mol. The highest BCUT2D eigenvalue weighted by molar-refractivity contribution is 5.94. The van der Waals surface area contributed by atoms with Crippen molar-refractivity contribution in [3.8, 4) is 11.5 Å². The van der Waals surface area contributed by atoms with Gasteiger partial charge in [0.25, 0.3) is 11.5 Å². The number of carbonyl (C=O) groups excluding carboxylic acids is 1. The van der Waals surface area contributed by atoms with Gasteiger partial charge < -0.3 is 19.2 Å². The molecular formula is C24H23N3O6. The van der Waals surface area contributed by atoms with E-state index in [2.05, 4.69) is 5.32 Å². The Hall–Kier alpha value is -4.27. The molecule has 0 saturated carbocycles. The lowest BCUT2D eigenvalue weighted by atomic mass is 10.1. The minimum absolute atomic E-state index is 0.0596. The van der Waals surface area contributed by atoms with Crippen LogP contribution in [0.5, 0.6) is 11.5 Å². The average Bonchev–Trinajstić information content (AvgIpc) is 3.37. The molecule has 2 aromatic carbocycles. The van der Waals surface area contributed by atoms with Crippen LogP contribution in [0.1, 0.15) is 21.7 Å². The van der Waals surface area contributed by atoms with Crippen molar-refractivity contribution in [2.75, 3.05) is 14.2 Å². The van der Waals surface area contributed by atoms with Gasteiger partial charge in [0, 0.05) is 18.7 Å². The number of hydrogen-bond donors (Lipinski definition) is 1. The van der Waals surface area contributed by atoms with E-state index in [1.807, 2.05) is 0 Å². The fraction of sp³-hybridized carbons (Fsp3) is 0.208. The molecule has 9 heteroatoms. The SMILES string of the molecule is COc1cc2c(=O)n(Cc3ccc(C(=O)NCc4ccco4)cc3)c(=O)n(C)c2cc1OC. The first-order valence-electron chi connectivity index (χ1n) is 10.2. The third kappa shape index (κ3) is 4.25. The average molecular weight is 449 g/mol. The summed E-state index contributed by atoms with van der Waals surface area (Å²) in [7, 11) is 4.57. The smallest absolute Gasteiger partial charge is 0.331 e. The Morgan fingerprint density at radius 1 is 1.03 bits per heavy atom. The molecule has 0 atom stereocenters. The van der Waals surface area contributed by atoms with Crippen LogP contribution in [0.2, 0.25) is 0 Å². The van der Waals surface area contributed by atoms with Gasteiger partial charge in [0.2, 0.25) is 0 Å². The number of fused-ring (bicyclic) bond motifs is 1. The first kappa shape index (κ1) is 21.9. The van der Waals surface area contributed by atoms with E-state index in [1.54, 1.807) is 61.8 Å². The topological polar surface area (TPSA) is 105 Å². The number of nitrogens with zero attached hydrogens (tertiary/aromatic N) is 2. The van der Waals surface area contributed by atoms with Crippen molar-refractivity contribution in [3.05, 3.63) is 92.5 Å². The van der Waals surface area contributed by atoms with Crippen molar-refractivity contribution in [1.82, 2.24) is 14.5 Å². The first-order chi connectivity index (χ1) is 15.9. The number of aromatic nitrogens is 2. The largest absolute Gasteiger partial charge is 0.493 e. The molecule has 0 aliphatic rings. The van der Waals surface area contributed by atoms with Gasteiger partial charge >= 0.3 is 5.69 Å². The zero-order valence-corrected chi connectivity index (χ0v) is 18.5. The summed E-state index contributed by atoms with van der Waals surface area (Å²) in [6.07, 6.45) is 1.54. The molecule has 0 aliphatic heterocycles. The van der Waals surface area contributed by atoms with Gasteiger partial charge in [-0.15, -0.1) is 0 Å². The Kier molecular flexibility index (Phi) is 6.03. The predicted molar refractivity (Wildman–Crippen MR) is 122 cm³/mol. The Bertz CT molecular complexity index is 1420. The number of furan rings is 1. The van der Waals surface area contributed by atoms with Crippen LogP contribution in [0.25, 0.3) is 10.9 Å². The van der Waals surface area contributed by atoms with Crippen molar-refractivity contribution < 1.29 is 18.7 Å². The highest BCUT2D eigenvalue weighted by Gasteiger charge is 2.16. The maximum absolute atomic E-state index is 13.1. The van der Waals surface area contributed by atoms with Crippen LogP contribution in [0.3, 0.4) is 0 Å². The zero-order valence-electron chi connectivity index (χ0n) is 18.5. The van der Waals surface area contributed by atoms with Gasteiger partial charge in [0.05, 0.1) is 44.5 Å². The van der Waals surface area contributed by atoms with Crippen LogP contribution < -0.4 is 26.0 Å². The second kappa shape index (κ2) is 9.07. The predicted octanol–water partition coefficient (Wildman–Crippen LogP) is 2.29. The van der Waals surface area contributed by atoms with E-state index in [9.17, 15) is 14.4 Å². The van der Waals surface area contributed by atoms with Crippen LogP contribution in [0, 0.1) is 0 Å². The summed E-state index contributed by atoms with van der Waals surface area (Å²) in [5.74, 6) is 1.23. The summed E-state index contributed by atoms with van der Waals surface area (Å²) < 4.78 is 18.3. The number of amides is 1. The summed E-state index contributed by atoms with van der Waals surface area (Å²) in [6, 6.07) is 13.4. The molecule has 33 heavy (non-hydrogen) atoms. The maximum Gasteiger partial charge on any atom is 0.331 e. The number of methoxy groups -OCH3 is 2. The van der Waals surface area contributed by atoms with Gasteiger partial charge in [-0.3, -0.25) is 18.7 Å². The van der Waals surface area contributed by atoms with Crippen LogP contribution in [-0.2, 0) is 20.1 Å². The fourth-order valence-corrected chi connectivity index (χ4v) is 3.60. The van der Waals surface area contributed by atoms with E-state index in [0.29, 0.717) is 39.3 Å². The quantitative estimate of drug-likeness (QED) is 0.464. The molecule has 4 aromatic rings. The molecule has 0 fully saturated rings. The van der Waals surface area contributed by atoms with E-state index >= 15 is 0 Å². The molecule has 0 unspecified atom stereocenters. The number of ether oxygens (including phenoxy) is 2. The summed E-state index contributed by atoms with van der Waals surface area (Å²) in [4.78, 5) is 38.4. The van der Waals surface area contributed by atoms with Crippen LogP contribution >= 0.6 is 0 Å². The highest BCUT2D eigenvalue weighted by Crippen LogP contribution is 2.30. The standard InChI is InChI=1S/C24H23N3O6/c1-26-19-12-21(32-3)20(31-2)11-18(19)23(29)27(24(26)30)14-15-6-8-16(9-7-15)22(28)25-13-17-5-4-10-33-17/h4-12H,13-14H2,1-3H3,(H,25,28). The molecule has 0 radical (unpaired) electrons. The Balaban J connectivity index is 1.61. The minimum atomic E-state index is -0.458. The molecule has 0 aliphatic carbocycles. The lowest BCUT2D eigenvalue weighted by Gasteiger charge is -2.14. The Morgan fingerprint density at radius 2 is 1.73 bits per heavy atom. The third-order valence-electron chi connectivity index (χ3n) is 5.42. The third-order valence-corrected chi connectivity index (χ3v) is 5.42. The molecule has 0 saturated heterocycles. The van der Waals surface area contributed by atoms with Gasteiger partial charge in [0.1, 0.15) is 5.76 Å². The van der Waals surface area contributed by atoms with Crippen LogP contribution in [0.4, 0.5) is 0 Å². The molecule has 170 valence electrons. The highest BCUT2D eigenvalue weighted by atomic mass is 16.5. The van der Waals surface area contributed by atoms with Crippen molar-refractivity contribution in [1.29, 1.82) is 0 Å². The van der Waals surface area contributed by atoms with Crippen LogP contribution in [0.15, 0.2) is 68.8 Å².